The third kappa shape index (κ3) is 3.32. The maximum absolute atomic E-state index is 9.99. The minimum absolute atomic E-state index is 0.0672. The quantitative estimate of drug-likeness (QED) is 0.745. The zero-order valence-electron chi connectivity index (χ0n) is 10.8. The summed E-state index contributed by atoms with van der Waals surface area (Å²) in [4.78, 5) is 0. The van der Waals surface area contributed by atoms with Crippen molar-refractivity contribution in [3.63, 3.8) is 0 Å². The van der Waals surface area contributed by atoms with E-state index in [0.29, 0.717) is 6.42 Å². The normalized spacial score (nSPS) is 30.8. The first-order valence-corrected chi connectivity index (χ1v) is 6.49. The van der Waals surface area contributed by atoms with Gasteiger partial charge in [-0.1, -0.05) is 37.3 Å². The van der Waals surface area contributed by atoms with E-state index in [4.69, 9.17) is 9.47 Å². The van der Waals surface area contributed by atoms with Gasteiger partial charge in [-0.05, 0) is 6.42 Å². The van der Waals surface area contributed by atoms with E-state index < -0.39 is 30.7 Å². The van der Waals surface area contributed by atoms with Gasteiger partial charge in [-0.15, -0.1) is 0 Å². The first kappa shape index (κ1) is 14.4. The molecule has 3 N–H and O–H groups in total. The van der Waals surface area contributed by atoms with Gasteiger partial charge in [0.25, 0.3) is 0 Å². The highest BCUT2D eigenvalue weighted by atomic mass is 16.7. The summed E-state index contributed by atoms with van der Waals surface area (Å²) in [6.07, 6.45) is -4.09. The Morgan fingerprint density at radius 3 is 2.58 bits per heavy atom. The third-order valence-corrected chi connectivity index (χ3v) is 3.30. The Morgan fingerprint density at radius 1 is 1.26 bits per heavy atom. The molecule has 0 aliphatic carbocycles. The van der Waals surface area contributed by atoms with Crippen molar-refractivity contribution in [1.29, 1.82) is 0 Å². The molecule has 2 rings (SSSR count). The highest BCUT2D eigenvalue weighted by Gasteiger charge is 2.38. The Morgan fingerprint density at radius 2 is 1.95 bits per heavy atom. The average Bonchev–Trinajstić information content (AvgIpc) is 2.47. The molecule has 0 bridgehead atoms. The van der Waals surface area contributed by atoms with Crippen LogP contribution in [-0.4, -0.2) is 46.3 Å². The lowest BCUT2D eigenvalue weighted by Crippen LogP contribution is -2.51. The maximum atomic E-state index is 9.99. The van der Waals surface area contributed by atoms with Gasteiger partial charge >= 0.3 is 0 Å². The minimum Gasteiger partial charge on any atom is -0.390 e. The van der Waals surface area contributed by atoms with E-state index in [-0.39, 0.29) is 6.61 Å². The second-order valence-electron chi connectivity index (χ2n) is 4.71. The summed E-state index contributed by atoms with van der Waals surface area (Å²) < 4.78 is 11.0. The fourth-order valence-corrected chi connectivity index (χ4v) is 2.11. The molecule has 1 aliphatic rings. The summed E-state index contributed by atoms with van der Waals surface area (Å²) in [6, 6.07) is 9.30. The number of hydrogen-bond acceptors (Lipinski definition) is 5. The number of aliphatic hydroxyl groups excluding tert-OH is 3. The van der Waals surface area contributed by atoms with Gasteiger partial charge in [0, 0.05) is 5.56 Å². The number of ether oxygens (including phenoxy) is 2. The lowest BCUT2D eigenvalue weighted by atomic mass is 10.0. The van der Waals surface area contributed by atoms with Crippen LogP contribution in [0.2, 0.25) is 0 Å². The van der Waals surface area contributed by atoms with Gasteiger partial charge in [0.2, 0.25) is 0 Å². The molecule has 1 fully saturated rings. The summed E-state index contributed by atoms with van der Waals surface area (Å²) >= 11 is 0. The lowest BCUT2D eigenvalue weighted by Gasteiger charge is -2.37. The van der Waals surface area contributed by atoms with E-state index in [2.05, 4.69) is 0 Å². The van der Waals surface area contributed by atoms with Crippen molar-refractivity contribution >= 4 is 0 Å². The molecule has 1 aromatic rings. The van der Waals surface area contributed by atoms with Gasteiger partial charge in [-0.25, -0.2) is 0 Å². The Hall–Kier alpha value is -0.980. The molecule has 19 heavy (non-hydrogen) atoms. The second kappa shape index (κ2) is 6.45. The smallest absolute Gasteiger partial charge is 0.184 e. The molecule has 1 aromatic carbocycles. The number of benzene rings is 1. The van der Waals surface area contributed by atoms with E-state index >= 15 is 0 Å². The van der Waals surface area contributed by atoms with Crippen LogP contribution in [0.3, 0.4) is 0 Å². The van der Waals surface area contributed by atoms with Crippen molar-refractivity contribution in [3.05, 3.63) is 35.9 Å². The van der Waals surface area contributed by atoms with Crippen LogP contribution in [0.1, 0.15) is 25.2 Å². The second-order valence-corrected chi connectivity index (χ2v) is 4.71. The molecule has 0 saturated carbocycles. The monoisotopic (exact) mass is 268 g/mol. The van der Waals surface area contributed by atoms with Crippen LogP contribution < -0.4 is 0 Å². The van der Waals surface area contributed by atoms with Crippen LogP contribution in [-0.2, 0) is 9.47 Å². The van der Waals surface area contributed by atoms with Gasteiger partial charge in [-0.2, -0.15) is 0 Å². The van der Waals surface area contributed by atoms with Crippen LogP contribution in [0.4, 0.5) is 0 Å². The topological polar surface area (TPSA) is 79.2 Å². The molecule has 106 valence electrons. The van der Waals surface area contributed by atoms with Crippen LogP contribution in [0.25, 0.3) is 0 Å². The predicted octanol–water partition coefficient (Wildman–Crippen LogP) is 0.593. The molecule has 5 nitrogen and oxygen atoms in total. The van der Waals surface area contributed by atoms with Crippen LogP contribution in [0.15, 0.2) is 30.3 Å². The first-order chi connectivity index (χ1) is 9.13. The summed E-state index contributed by atoms with van der Waals surface area (Å²) in [5.41, 5.74) is 0.817. The SMILES string of the molecule is CC[C@H](O)[C@@H](O)[C@@H]1OC(c2ccccc2)OC[C@H]1O. The molecule has 0 spiro atoms. The average molecular weight is 268 g/mol. The Labute approximate surface area is 112 Å². The van der Waals surface area contributed by atoms with E-state index in [1.165, 1.54) is 0 Å². The summed E-state index contributed by atoms with van der Waals surface area (Å²) in [7, 11) is 0. The zero-order chi connectivity index (χ0) is 13.8. The molecule has 0 radical (unpaired) electrons. The van der Waals surface area contributed by atoms with Gasteiger partial charge in [0.05, 0.1) is 12.7 Å². The molecule has 0 aromatic heterocycles. The van der Waals surface area contributed by atoms with E-state index in [1.807, 2.05) is 30.3 Å². The Kier molecular flexibility index (Phi) is 4.90. The third-order valence-electron chi connectivity index (χ3n) is 3.30. The van der Waals surface area contributed by atoms with Crippen molar-refractivity contribution in [2.24, 2.45) is 0 Å². The van der Waals surface area contributed by atoms with Gasteiger partial charge in [-0.3, -0.25) is 0 Å². The van der Waals surface area contributed by atoms with Gasteiger partial charge in [0.15, 0.2) is 6.29 Å². The number of aliphatic hydroxyl groups is 3. The van der Waals surface area contributed by atoms with Gasteiger partial charge < -0.3 is 24.8 Å². The summed E-state index contributed by atoms with van der Waals surface area (Å²) in [5.74, 6) is 0. The lowest BCUT2D eigenvalue weighted by molar-refractivity contribution is -0.283. The van der Waals surface area contributed by atoms with Crippen molar-refractivity contribution < 1.29 is 24.8 Å². The van der Waals surface area contributed by atoms with Crippen LogP contribution in [0.5, 0.6) is 0 Å². The van der Waals surface area contributed by atoms with E-state index in [1.54, 1.807) is 6.92 Å². The van der Waals surface area contributed by atoms with Crippen molar-refractivity contribution in [1.82, 2.24) is 0 Å². The van der Waals surface area contributed by atoms with Crippen LogP contribution >= 0.6 is 0 Å². The molecule has 1 aliphatic heterocycles. The Bertz CT molecular complexity index is 383. The molecule has 1 heterocycles. The minimum atomic E-state index is -1.13. The fraction of sp³-hybridized carbons (Fsp3) is 0.571. The van der Waals surface area contributed by atoms with Crippen molar-refractivity contribution in [2.45, 2.75) is 44.1 Å². The van der Waals surface area contributed by atoms with Crippen LogP contribution in [0, 0.1) is 0 Å². The molecule has 5 heteroatoms. The largest absolute Gasteiger partial charge is 0.390 e. The molecule has 0 amide bonds. The Balaban J connectivity index is 2.08. The molecule has 1 saturated heterocycles. The molecular formula is C14H20O5. The van der Waals surface area contributed by atoms with Gasteiger partial charge in [0.1, 0.15) is 18.3 Å². The number of rotatable bonds is 4. The molecular weight excluding hydrogens is 248 g/mol. The number of hydrogen-bond donors (Lipinski definition) is 3. The highest BCUT2D eigenvalue weighted by molar-refractivity contribution is 5.16. The highest BCUT2D eigenvalue weighted by Crippen LogP contribution is 2.28. The standard InChI is InChI=1S/C14H20O5/c1-2-10(15)12(17)13-11(16)8-18-14(19-13)9-6-4-3-5-7-9/h3-7,10-17H,2,8H2,1H3/t10-,11+,12+,13+,14?/m0/s1. The van der Waals surface area contributed by atoms with E-state index in [9.17, 15) is 15.3 Å². The molecule has 1 unspecified atom stereocenters. The summed E-state index contributed by atoms with van der Waals surface area (Å²) in [6.45, 7) is 1.83. The molecule has 5 atom stereocenters. The predicted molar refractivity (Wildman–Crippen MR) is 68.3 cm³/mol. The fourth-order valence-electron chi connectivity index (χ4n) is 2.11. The van der Waals surface area contributed by atoms with Crippen molar-refractivity contribution in [2.75, 3.05) is 6.61 Å². The van der Waals surface area contributed by atoms with E-state index in [0.717, 1.165) is 5.56 Å². The van der Waals surface area contributed by atoms with Crippen molar-refractivity contribution in [3.8, 4) is 0 Å². The summed E-state index contributed by atoms with van der Waals surface area (Å²) in [5, 5.41) is 29.5. The first-order valence-electron chi connectivity index (χ1n) is 6.49. The zero-order valence-corrected chi connectivity index (χ0v) is 10.8. The maximum Gasteiger partial charge on any atom is 0.184 e.